The highest BCUT2D eigenvalue weighted by Crippen LogP contribution is 2.29. The van der Waals surface area contributed by atoms with Gasteiger partial charge in [-0.25, -0.2) is 8.42 Å². The summed E-state index contributed by atoms with van der Waals surface area (Å²) < 4.78 is 30.9. The number of hydrogen-bond donors (Lipinski definition) is 5. The zero-order valence-electron chi connectivity index (χ0n) is 18.4. The Morgan fingerprint density at radius 2 is 1.76 bits per heavy atom. The Bertz CT molecular complexity index is 1400. The van der Waals surface area contributed by atoms with Gasteiger partial charge >= 0.3 is 0 Å². The number of benzene rings is 3. The van der Waals surface area contributed by atoms with Crippen molar-refractivity contribution in [3.05, 3.63) is 65.7 Å². The third-order valence-corrected chi connectivity index (χ3v) is 5.90. The Kier molecular flexibility index (Phi) is 6.46. The summed E-state index contributed by atoms with van der Waals surface area (Å²) in [5.41, 5.74) is 3.82. The van der Waals surface area contributed by atoms with Gasteiger partial charge in [-0.3, -0.25) is 4.72 Å². The average molecular weight is 470 g/mol. The molecule has 174 valence electrons. The summed E-state index contributed by atoms with van der Waals surface area (Å²) in [6.07, 6.45) is 0.116. The number of fused-ring (bicyclic) bond motifs is 3. The third-order valence-electron chi connectivity index (χ3n) is 5.31. The molecule has 5 N–H and O–H groups in total. The Morgan fingerprint density at radius 1 is 1.03 bits per heavy atom. The van der Waals surface area contributed by atoms with E-state index in [-0.39, 0.29) is 18.0 Å². The number of aromatic nitrogens is 1. The maximum absolute atomic E-state index is 11.4. The smallest absolute Gasteiger partial charge is 0.229 e. The van der Waals surface area contributed by atoms with Crippen LogP contribution in [0.1, 0.15) is 17.2 Å². The maximum Gasteiger partial charge on any atom is 0.229 e. The molecule has 1 unspecified atom stereocenters. The van der Waals surface area contributed by atoms with E-state index in [4.69, 9.17) is 4.74 Å². The number of hydrogen-bond acceptors (Lipinski definition) is 6. The van der Waals surface area contributed by atoms with E-state index in [1.807, 2.05) is 18.2 Å². The number of phenolic OH excluding ortho intramolecular Hbond substituents is 1. The molecule has 1 atom stereocenters. The number of aliphatic hydroxyl groups excluding tert-OH is 1. The molecular weight excluding hydrogens is 442 g/mol. The predicted octanol–water partition coefficient (Wildman–Crippen LogP) is 3.41. The van der Waals surface area contributed by atoms with Crippen LogP contribution in [0.25, 0.3) is 21.8 Å². The summed E-state index contributed by atoms with van der Waals surface area (Å²) in [6.45, 7) is 3.23. The summed E-state index contributed by atoms with van der Waals surface area (Å²) in [5.74, 6) is 0.544. The number of ether oxygens (including phenoxy) is 1. The van der Waals surface area contributed by atoms with Crippen LogP contribution in [0.4, 0.5) is 5.69 Å². The fourth-order valence-electron chi connectivity index (χ4n) is 3.73. The molecule has 0 fully saturated rings. The van der Waals surface area contributed by atoms with Crippen LogP contribution in [0.3, 0.4) is 0 Å². The van der Waals surface area contributed by atoms with Gasteiger partial charge in [-0.15, -0.1) is 0 Å². The Balaban J connectivity index is 1.30. The van der Waals surface area contributed by atoms with Crippen molar-refractivity contribution >= 4 is 37.5 Å². The summed E-state index contributed by atoms with van der Waals surface area (Å²) in [6, 6.07) is 16.6. The number of phenols is 1. The average Bonchev–Trinajstić information content (AvgIpc) is 3.10. The lowest BCUT2D eigenvalue weighted by Crippen LogP contribution is -2.26. The summed E-state index contributed by atoms with van der Waals surface area (Å²) >= 11 is 0. The van der Waals surface area contributed by atoms with Gasteiger partial charge in [0.25, 0.3) is 0 Å². The van der Waals surface area contributed by atoms with Crippen molar-refractivity contribution < 1.29 is 23.4 Å². The largest absolute Gasteiger partial charge is 0.506 e. The molecule has 33 heavy (non-hydrogen) atoms. The van der Waals surface area contributed by atoms with Crippen LogP contribution in [0.5, 0.6) is 11.5 Å². The van der Waals surface area contributed by atoms with Gasteiger partial charge in [0.1, 0.15) is 18.1 Å². The Labute approximate surface area is 192 Å². The highest BCUT2D eigenvalue weighted by molar-refractivity contribution is 7.92. The molecule has 0 bridgehead atoms. The van der Waals surface area contributed by atoms with E-state index in [1.54, 1.807) is 6.07 Å². The van der Waals surface area contributed by atoms with E-state index in [2.05, 4.69) is 40.1 Å². The molecule has 3 aromatic carbocycles. The molecule has 1 aromatic heterocycles. The van der Waals surface area contributed by atoms with Crippen LogP contribution < -0.4 is 14.8 Å². The van der Waals surface area contributed by atoms with Crippen molar-refractivity contribution in [2.24, 2.45) is 0 Å². The van der Waals surface area contributed by atoms with E-state index in [1.165, 1.54) is 23.1 Å². The molecule has 8 nitrogen and oxygen atoms in total. The molecule has 0 saturated heterocycles. The fourth-order valence-corrected chi connectivity index (χ4v) is 4.30. The van der Waals surface area contributed by atoms with Crippen molar-refractivity contribution in [3.8, 4) is 11.5 Å². The first kappa shape index (κ1) is 22.9. The van der Waals surface area contributed by atoms with Gasteiger partial charge in [0.05, 0.1) is 23.6 Å². The Morgan fingerprint density at radius 3 is 2.52 bits per heavy atom. The molecule has 1 heterocycles. The normalized spacial score (nSPS) is 12.8. The van der Waals surface area contributed by atoms with Gasteiger partial charge in [-0.1, -0.05) is 18.2 Å². The molecular formula is C24H27N3O5S. The molecule has 0 amide bonds. The van der Waals surface area contributed by atoms with Crippen molar-refractivity contribution in [2.75, 3.05) is 30.7 Å². The number of rotatable bonds is 9. The molecule has 0 aliphatic heterocycles. The third kappa shape index (κ3) is 5.57. The van der Waals surface area contributed by atoms with Crippen LogP contribution in [-0.4, -0.2) is 49.6 Å². The molecule has 4 rings (SSSR count). The number of nitrogens with one attached hydrogen (secondary N) is 3. The number of aromatic hydroxyl groups is 1. The zero-order valence-corrected chi connectivity index (χ0v) is 19.2. The number of anilines is 1. The maximum atomic E-state index is 11.4. The number of aliphatic hydroxyl groups is 1. The van der Waals surface area contributed by atoms with Crippen LogP contribution >= 0.6 is 0 Å². The quantitative estimate of drug-likeness (QED) is 0.189. The molecule has 0 saturated carbocycles. The van der Waals surface area contributed by atoms with Gasteiger partial charge in [0.15, 0.2) is 0 Å². The van der Waals surface area contributed by atoms with Gasteiger partial charge < -0.3 is 25.3 Å². The number of sulfonamides is 1. The topological polar surface area (TPSA) is 124 Å². The second-order valence-electron chi connectivity index (χ2n) is 8.10. The van der Waals surface area contributed by atoms with E-state index in [0.717, 1.165) is 28.4 Å². The zero-order chi connectivity index (χ0) is 23.6. The minimum atomic E-state index is -3.54. The van der Waals surface area contributed by atoms with E-state index < -0.39 is 16.1 Å². The standard InChI is InChI=1S/C24H27N3O5S/c1-15-3-6-18-19-7-5-17(13-21(19)26-20(18)11-15)32-10-9-25-14-24(29)16-4-8-23(28)22(12-16)27-33(2,30)31/h3-8,11-13,24-29H,9-10,14H2,1-2H3. The van der Waals surface area contributed by atoms with Crippen LogP contribution in [-0.2, 0) is 10.0 Å². The van der Waals surface area contributed by atoms with Crippen molar-refractivity contribution in [1.29, 1.82) is 0 Å². The van der Waals surface area contributed by atoms with Gasteiger partial charge in [0, 0.05) is 35.4 Å². The lowest BCUT2D eigenvalue weighted by atomic mass is 10.1. The van der Waals surface area contributed by atoms with Gasteiger partial charge in [-0.05, 0) is 48.4 Å². The minimum Gasteiger partial charge on any atom is -0.506 e. The minimum absolute atomic E-state index is 0.0277. The van der Waals surface area contributed by atoms with Crippen molar-refractivity contribution in [2.45, 2.75) is 13.0 Å². The van der Waals surface area contributed by atoms with Crippen LogP contribution in [0, 0.1) is 6.92 Å². The van der Waals surface area contributed by atoms with E-state index in [0.29, 0.717) is 18.7 Å². The SMILES string of the molecule is Cc1ccc2c(c1)[nH]c1cc(OCCNCC(O)c3ccc(O)c(NS(C)(=O)=O)c3)ccc12. The summed E-state index contributed by atoms with van der Waals surface area (Å²) in [7, 11) is -3.54. The summed E-state index contributed by atoms with van der Waals surface area (Å²) in [4.78, 5) is 3.43. The molecule has 0 radical (unpaired) electrons. The highest BCUT2D eigenvalue weighted by atomic mass is 32.2. The number of H-pyrrole nitrogens is 1. The molecule has 0 aliphatic carbocycles. The number of aromatic amines is 1. The first-order valence-electron chi connectivity index (χ1n) is 10.5. The number of aryl methyl sites for hydroxylation is 1. The second-order valence-corrected chi connectivity index (χ2v) is 9.85. The van der Waals surface area contributed by atoms with Crippen molar-refractivity contribution in [3.63, 3.8) is 0 Å². The fraction of sp³-hybridized carbons (Fsp3) is 0.250. The molecule has 4 aromatic rings. The van der Waals surface area contributed by atoms with Crippen LogP contribution in [0.2, 0.25) is 0 Å². The van der Waals surface area contributed by atoms with Gasteiger partial charge in [0.2, 0.25) is 10.0 Å². The lowest BCUT2D eigenvalue weighted by molar-refractivity contribution is 0.172. The van der Waals surface area contributed by atoms with Crippen LogP contribution in [0.15, 0.2) is 54.6 Å². The first-order valence-corrected chi connectivity index (χ1v) is 12.4. The second kappa shape index (κ2) is 9.30. The Hall–Kier alpha value is -3.27. The van der Waals surface area contributed by atoms with Crippen molar-refractivity contribution in [1.82, 2.24) is 10.3 Å². The van der Waals surface area contributed by atoms with E-state index in [9.17, 15) is 18.6 Å². The summed E-state index contributed by atoms with van der Waals surface area (Å²) in [5, 5.41) is 25.7. The lowest BCUT2D eigenvalue weighted by Gasteiger charge is -2.15. The van der Waals surface area contributed by atoms with E-state index >= 15 is 0 Å². The monoisotopic (exact) mass is 469 g/mol. The highest BCUT2D eigenvalue weighted by Gasteiger charge is 2.13. The molecule has 0 spiro atoms. The molecule has 0 aliphatic rings. The molecule has 9 heteroatoms. The first-order chi connectivity index (χ1) is 15.7. The van der Waals surface area contributed by atoms with Gasteiger partial charge in [-0.2, -0.15) is 0 Å². The predicted molar refractivity (Wildman–Crippen MR) is 130 cm³/mol.